The van der Waals surface area contributed by atoms with E-state index in [1.165, 1.54) is 17.0 Å². The minimum atomic E-state index is -4.10. The van der Waals surface area contributed by atoms with E-state index in [-0.39, 0.29) is 23.3 Å². The van der Waals surface area contributed by atoms with Crippen molar-refractivity contribution in [2.24, 2.45) is 5.92 Å². The first kappa shape index (κ1) is 31.2. The zero-order valence-electron chi connectivity index (χ0n) is 21.8. The largest absolute Gasteiger partial charge is 0.354 e. The van der Waals surface area contributed by atoms with Crippen LogP contribution in [0.15, 0.2) is 77.7 Å². The molecule has 1 N–H and O–H groups in total. The number of hydrogen-bond donors (Lipinski definition) is 1. The fourth-order valence-electron chi connectivity index (χ4n) is 3.73. The van der Waals surface area contributed by atoms with Crippen molar-refractivity contribution >= 4 is 73.3 Å². The van der Waals surface area contributed by atoms with Gasteiger partial charge in [-0.3, -0.25) is 13.9 Å². The molecule has 3 aromatic rings. The topological polar surface area (TPSA) is 86.8 Å². The number of nitrogens with one attached hydrogen (secondary N) is 1. The third-order valence-electron chi connectivity index (χ3n) is 5.91. The summed E-state index contributed by atoms with van der Waals surface area (Å²) in [5, 5.41) is 3.53. The number of nitrogens with zero attached hydrogens (tertiary/aromatic N) is 2. The Bertz CT molecular complexity index is 1400. The van der Waals surface area contributed by atoms with Crippen LogP contribution in [-0.4, -0.2) is 44.3 Å². The highest BCUT2D eigenvalue weighted by atomic mass is 127. The number of halogens is 3. The summed E-state index contributed by atoms with van der Waals surface area (Å²) in [5.41, 5.74) is 0.979. The molecule has 208 valence electrons. The highest BCUT2D eigenvalue weighted by Gasteiger charge is 2.32. The molecule has 0 spiro atoms. The standard InChI is InChI=1S/C28H30Cl2IN3O4S/c1-19(2)16-32-28(36)20(3)33(17-21-9-14-25(29)26(30)15-21)27(35)18-34(23-12-10-22(31)11-13-23)39(37,38)24-7-5-4-6-8-24/h4-15,19-20H,16-18H2,1-3H3,(H,32,36)/t20-/m1/s1. The first-order valence-electron chi connectivity index (χ1n) is 12.2. The molecule has 7 nitrogen and oxygen atoms in total. The van der Waals surface area contributed by atoms with Crippen LogP contribution in [0.25, 0.3) is 0 Å². The van der Waals surface area contributed by atoms with E-state index < -0.39 is 28.5 Å². The molecule has 0 saturated heterocycles. The van der Waals surface area contributed by atoms with Crippen LogP contribution in [-0.2, 0) is 26.2 Å². The van der Waals surface area contributed by atoms with Gasteiger partial charge in [0.2, 0.25) is 11.8 Å². The summed E-state index contributed by atoms with van der Waals surface area (Å²) in [6, 6.07) is 18.8. The second-order valence-electron chi connectivity index (χ2n) is 9.39. The quantitative estimate of drug-likeness (QED) is 0.249. The lowest BCUT2D eigenvalue weighted by molar-refractivity contribution is -0.139. The normalized spacial score (nSPS) is 12.2. The Morgan fingerprint density at radius 3 is 2.15 bits per heavy atom. The van der Waals surface area contributed by atoms with Gasteiger partial charge in [0.25, 0.3) is 10.0 Å². The van der Waals surface area contributed by atoms with Crippen molar-refractivity contribution in [2.45, 2.75) is 38.3 Å². The van der Waals surface area contributed by atoms with Gasteiger partial charge in [-0.05, 0) is 89.5 Å². The molecule has 0 bridgehead atoms. The van der Waals surface area contributed by atoms with Gasteiger partial charge in [-0.15, -0.1) is 0 Å². The molecule has 1 atom stereocenters. The Morgan fingerprint density at radius 1 is 0.923 bits per heavy atom. The molecule has 39 heavy (non-hydrogen) atoms. The number of carbonyl (C=O) groups excluding carboxylic acids is 2. The summed E-state index contributed by atoms with van der Waals surface area (Å²) >= 11 is 14.4. The third kappa shape index (κ3) is 8.33. The van der Waals surface area contributed by atoms with Crippen molar-refractivity contribution in [3.8, 4) is 0 Å². The maximum atomic E-state index is 13.9. The molecular formula is C28H30Cl2IN3O4S. The summed E-state index contributed by atoms with van der Waals surface area (Å²) in [4.78, 5) is 28.3. The number of carbonyl (C=O) groups is 2. The predicted octanol–water partition coefficient (Wildman–Crippen LogP) is 5.98. The van der Waals surface area contributed by atoms with E-state index in [1.54, 1.807) is 67.6 Å². The molecule has 0 heterocycles. The highest BCUT2D eigenvalue weighted by Crippen LogP contribution is 2.26. The van der Waals surface area contributed by atoms with E-state index >= 15 is 0 Å². The number of amides is 2. The van der Waals surface area contributed by atoms with Gasteiger partial charge in [-0.1, -0.05) is 61.3 Å². The molecule has 0 aliphatic carbocycles. The lowest BCUT2D eigenvalue weighted by atomic mass is 10.1. The molecule has 0 radical (unpaired) electrons. The van der Waals surface area contributed by atoms with Crippen LogP contribution in [0.2, 0.25) is 10.0 Å². The van der Waals surface area contributed by atoms with Crippen molar-refractivity contribution in [3.05, 3.63) is 92.0 Å². The van der Waals surface area contributed by atoms with Crippen molar-refractivity contribution in [2.75, 3.05) is 17.4 Å². The van der Waals surface area contributed by atoms with Crippen LogP contribution in [0.1, 0.15) is 26.3 Å². The molecule has 0 unspecified atom stereocenters. The molecule has 0 saturated carbocycles. The summed E-state index contributed by atoms with van der Waals surface area (Å²) < 4.78 is 29.5. The van der Waals surface area contributed by atoms with Crippen LogP contribution in [0.4, 0.5) is 5.69 Å². The van der Waals surface area contributed by atoms with E-state index in [9.17, 15) is 18.0 Å². The molecule has 2 amide bonds. The summed E-state index contributed by atoms with van der Waals surface area (Å²) in [6.07, 6.45) is 0. The number of benzene rings is 3. The van der Waals surface area contributed by atoms with Crippen LogP contribution in [0, 0.1) is 9.49 Å². The molecule has 3 rings (SSSR count). The summed E-state index contributed by atoms with van der Waals surface area (Å²) in [6.45, 7) is 5.51. The first-order valence-corrected chi connectivity index (χ1v) is 15.5. The Kier molecular flexibility index (Phi) is 11.1. The molecule has 0 aliphatic rings. The van der Waals surface area contributed by atoms with Crippen molar-refractivity contribution in [1.29, 1.82) is 0 Å². The lowest BCUT2D eigenvalue weighted by Crippen LogP contribution is -2.51. The zero-order valence-corrected chi connectivity index (χ0v) is 26.3. The molecular weight excluding hydrogens is 672 g/mol. The van der Waals surface area contributed by atoms with Gasteiger partial charge < -0.3 is 10.2 Å². The molecule has 11 heteroatoms. The second-order valence-corrected chi connectivity index (χ2v) is 13.3. The van der Waals surface area contributed by atoms with Gasteiger partial charge in [0.1, 0.15) is 12.6 Å². The number of sulfonamides is 1. The van der Waals surface area contributed by atoms with Crippen molar-refractivity contribution in [3.63, 3.8) is 0 Å². The summed E-state index contributed by atoms with van der Waals surface area (Å²) in [5.74, 6) is -0.678. The summed E-state index contributed by atoms with van der Waals surface area (Å²) in [7, 11) is -4.10. The van der Waals surface area contributed by atoms with Gasteiger partial charge >= 0.3 is 0 Å². The molecule has 3 aromatic carbocycles. The van der Waals surface area contributed by atoms with E-state index in [4.69, 9.17) is 23.2 Å². The maximum Gasteiger partial charge on any atom is 0.264 e. The van der Waals surface area contributed by atoms with E-state index in [0.717, 1.165) is 7.88 Å². The van der Waals surface area contributed by atoms with E-state index in [2.05, 4.69) is 27.9 Å². The van der Waals surface area contributed by atoms with Gasteiger partial charge in [0.05, 0.1) is 20.6 Å². The molecule has 0 aliphatic heterocycles. The van der Waals surface area contributed by atoms with Gasteiger partial charge in [0.15, 0.2) is 0 Å². The first-order chi connectivity index (χ1) is 18.4. The third-order valence-corrected chi connectivity index (χ3v) is 9.16. The fraction of sp³-hybridized carbons (Fsp3) is 0.286. The second kappa shape index (κ2) is 13.8. The number of hydrogen-bond acceptors (Lipinski definition) is 4. The van der Waals surface area contributed by atoms with Crippen LogP contribution < -0.4 is 9.62 Å². The highest BCUT2D eigenvalue weighted by molar-refractivity contribution is 14.1. The fourth-order valence-corrected chi connectivity index (χ4v) is 5.84. The SMILES string of the molecule is CC(C)CNC(=O)[C@@H](C)N(Cc1ccc(Cl)c(Cl)c1)C(=O)CN(c1ccc(I)cc1)S(=O)(=O)c1ccccc1. The maximum absolute atomic E-state index is 13.9. The number of anilines is 1. The van der Waals surface area contributed by atoms with Crippen LogP contribution in [0.5, 0.6) is 0 Å². The Hall–Kier alpha value is -2.34. The zero-order chi connectivity index (χ0) is 28.7. The van der Waals surface area contributed by atoms with Gasteiger partial charge in [-0.2, -0.15) is 0 Å². The average Bonchev–Trinajstić information content (AvgIpc) is 2.91. The Labute approximate surface area is 253 Å². The molecule has 0 fully saturated rings. The monoisotopic (exact) mass is 701 g/mol. The minimum Gasteiger partial charge on any atom is -0.354 e. The van der Waals surface area contributed by atoms with Crippen molar-refractivity contribution in [1.82, 2.24) is 10.2 Å². The van der Waals surface area contributed by atoms with E-state index in [1.807, 2.05) is 13.8 Å². The lowest BCUT2D eigenvalue weighted by Gasteiger charge is -2.32. The van der Waals surface area contributed by atoms with Crippen molar-refractivity contribution < 1.29 is 18.0 Å². The van der Waals surface area contributed by atoms with E-state index in [0.29, 0.717) is 27.8 Å². The Balaban J connectivity index is 2.01. The number of rotatable bonds is 11. The minimum absolute atomic E-state index is 0.0257. The smallest absolute Gasteiger partial charge is 0.264 e. The Morgan fingerprint density at radius 2 is 1.56 bits per heavy atom. The average molecular weight is 702 g/mol. The van der Waals surface area contributed by atoms with Gasteiger partial charge in [-0.25, -0.2) is 8.42 Å². The molecule has 0 aromatic heterocycles. The van der Waals surface area contributed by atoms with Gasteiger partial charge in [0, 0.05) is 16.7 Å². The predicted molar refractivity (Wildman–Crippen MR) is 164 cm³/mol. The van der Waals surface area contributed by atoms with Crippen LogP contribution in [0.3, 0.4) is 0 Å². The van der Waals surface area contributed by atoms with Crippen LogP contribution >= 0.6 is 45.8 Å².